The number of rotatable bonds is 8. The molecule has 0 saturated carbocycles. The molecule has 0 atom stereocenters. The van der Waals surface area contributed by atoms with Gasteiger partial charge in [0.05, 0.1) is 0 Å². The molecular weight excluding hydrogens is 392 g/mol. The van der Waals surface area contributed by atoms with Crippen LogP contribution in [0.1, 0.15) is 16.7 Å². The molecule has 2 N–H and O–H groups in total. The lowest BCUT2D eigenvalue weighted by Crippen LogP contribution is -2.23. The van der Waals surface area contributed by atoms with Crippen molar-refractivity contribution in [3.63, 3.8) is 0 Å². The van der Waals surface area contributed by atoms with Gasteiger partial charge in [0.15, 0.2) is 5.78 Å². The Labute approximate surface area is 183 Å². The number of allylic oxidation sites excluding steroid dienone is 1. The van der Waals surface area contributed by atoms with E-state index in [4.69, 9.17) is 17.3 Å². The molecule has 4 heteroatoms. The van der Waals surface area contributed by atoms with Gasteiger partial charge >= 0.3 is 0 Å². The van der Waals surface area contributed by atoms with Crippen LogP contribution in [-0.4, -0.2) is 24.3 Å². The lowest BCUT2D eigenvalue weighted by atomic mass is 9.94. The van der Waals surface area contributed by atoms with Gasteiger partial charge in [-0.1, -0.05) is 72.8 Å². The molecule has 0 bridgehead atoms. The Balaban J connectivity index is 1.83. The summed E-state index contributed by atoms with van der Waals surface area (Å²) in [6.07, 6.45) is 1.87. The molecule has 3 rings (SSSR count). The minimum absolute atomic E-state index is 0.0883. The summed E-state index contributed by atoms with van der Waals surface area (Å²) in [4.78, 5) is 15.4. The third kappa shape index (κ3) is 5.93. The fourth-order valence-corrected chi connectivity index (χ4v) is 3.33. The maximum atomic E-state index is 13.3. The predicted molar refractivity (Wildman–Crippen MR) is 127 cm³/mol. The Hall–Kier alpha value is -3.14. The van der Waals surface area contributed by atoms with Crippen LogP contribution in [0.15, 0.2) is 91.0 Å². The molecule has 0 unspecified atom stereocenters. The first kappa shape index (κ1) is 21.6. The van der Waals surface area contributed by atoms with Gasteiger partial charge in [-0.2, -0.15) is 0 Å². The number of hydrogen-bond acceptors (Lipinski definition) is 3. The van der Waals surface area contributed by atoms with Crippen LogP contribution in [0.25, 0.3) is 11.6 Å². The standard InChI is InChI=1S/C26H25ClN2O/c1-19(17-29(2)18-21-6-4-3-5-7-21)26(30)25(22-10-14-24(28)15-11-22)16-20-8-12-23(27)13-9-20/h3-16H,1,17-18,28H2,2H3/b25-16+. The number of Topliss-reactive ketones (excluding diaryl/α,β-unsaturated/α-hetero) is 1. The van der Waals surface area contributed by atoms with Crippen molar-refractivity contribution < 1.29 is 4.79 Å². The molecule has 30 heavy (non-hydrogen) atoms. The molecular formula is C26H25ClN2O. The van der Waals surface area contributed by atoms with E-state index in [1.165, 1.54) is 5.56 Å². The highest BCUT2D eigenvalue weighted by Gasteiger charge is 2.17. The van der Waals surface area contributed by atoms with Gasteiger partial charge in [-0.25, -0.2) is 0 Å². The predicted octanol–water partition coefficient (Wildman–Crippen LogP) is 5.72. The number of benzene rings is 3. The number of ketones is 1. The minimum Gasteiger partial charge on any atom is -0.399 e. The monoisotopic (exact) mass is 416 g/mol. The van der Waals surface area contributed by atoms with Crippen molar-refractivity contribution in [2.24, 2.45) is 0 Å². The largest absolute Gasteiger partial charge is 0.399 e. The zero-order valence-electron chi connectivity index (χ0n) is 17.0. The summed E-state index contributed by atoms with van der Waals surface area (Å²) in [7, 11) is 1.98. The summed E-state index contributed by atoms with van der Waals surface area (Å²) in [5, 5.41) is 0.652. The van der Waals surface area contributed by atoms with Crippen molar-refractivity contribution >= 4 is 34.7 Å². The van der Waals surface area contributed by atoms with E-state index in [1.54, 1.807) is 24.3 Å². The van der Waals surface area contributed by atoms with Gasteiger partial charge in [-0.05, 0) is 54.1 Å². The molecule has 0 aliphatic rings. The third-order valence-electron chi connectivity index (χ3n) is 4.72. The van der Waals surface area contributed by atoms with E-state index < -0.39 is 0 Å². The third-order valence-corrected chi connectivity index (χ3v) is 4.98. The molecule has 0 radical (unpaired) electrons. The van der Waals surface area contributed by atoms with Crippen LogP contribution >= 0.6 is 11.6 Å². The highest BCUT2D eigenvalue weighted by Crippen LogP contribution is 2.24. The maximum absolute atomic E-state index is 13.3. The molecule has 0 heterocycles. The van der Waals surface area contributed by atoms with Gasteiger partial charge in [0.2, 0.25) is 0 Å². The van der Waals surface area contributed by atoms with Crippen LogP contribution in [0.4, 0.5) is 5.69 Å². The molecule has 0 aliphatic carbocycles. The number of nitrogens with zero attached hydrogens (tertiary/aromatic N) is 1. The smallest absolute Gasteiger partial charge is 0.190 e. The van der Waals surface area contributed by atoms with Crippen LogP contribution in [-0.2, 0) is 11.3 Å². The van der Waals surface area contributed by atoms with Crippen molar-refractivity contribution in [3.05, 3.63) is 113 Å². The summed E-state index contributed by atoms with van der Waals surface area (Å²) in [5.41, 5.74) is 10.5. The zero-order chi connectivity index (χ0) is 21.5. The molecule has 0 spiro atoms. The first-order chi connectivity index (χ1) is 14.4. The highest BCUT2D eigenvalue weighted by atomic mass is 35.5. The molecule has 3 aromatic rings. The molecule has 0 fully saturated rings. The van der Waals surface area contributed by atoms with Gasteiger partial charge < -0.3 is 5.73 Å². The number of hydrogen-bond donors (Lipinski definition) is 1. The van der Waals surface area contributed by atoms with E-state index in [1.807, 2.05) is 55.6 Å². The second kappa shape index (κ2) is 10.1. The average molecular weight is 417 g/mol. The van der Waals surface area contributed by atoms with Crippen molar-refractivity contribution in [2.45, 2.75) is 6.54 Å². The Morgan fingerprint density at radius 2 is 1.63 bits per heavy atom. The molecule has 3 nitrogen and oxygen atoms in total. The molecule has 0 amide bonds. The molecule has 0 aliphatic heterocycles. The highest BCUT2D eigenvalue weighted by molar-refractivity contribution is 6.32. The average Bonchev–Trinajstić information content (AvgIpc) is 2.74. The summed E-state index contributed by atoms with van der Waals surface area (Å²) in [5.74, 6) is -0.0883. The van der Waals surface area contributed by atoms with E-state index in [0.29, 0.717) is 28.4 Å². The normalized spacial score (nSPS) is 11.5. The quantitative estimate of drug-likeness (QED) is 0.290. The molecule has 0 saturated heterocycles. The fourth-order valence-electron chi connectivity index (χ4n) is 3.21. The molecule has 152 valence electrons. The number of carbonyl (C=O) groups excluding carboxylic acids is 1. The van der Waals surface area contributed by atoms with Gasteiger partial charge in [-0.15, -0.1) is 0 Å². The van der Waals surface area contributed by atoms with Crippen molar-refractivity contribution in [1.82, 2.24) is 4.90 Å². The van der Waals surface area contributed by atoms with Gasteiger partial charge in [0.25, 0.3) is 0 Å². The first-order valence-electron chi connectivity index (χ1n) is 9.70. The summed E-state index contributed by atoms with van der Waals surface area (Å²) >= 11 is 6.00. The fraction of sp³-hybridized carbons (Fsp3) is 0.115. The van der Waals surface area contributed by atoms with Gasteiger partial charge in [0, 0.05) is 34.9 Å². The van der Waals surface area contributed by atoms with Crippen molar-refractivity contribution in [3.8, 4) is 0 Å². The molecule has 3 aromatic carbocycles. The van der Waals surface area contributed by atoms with Crippen LogP contribution in [0.2, 0.25) is 5.02 Å². The Morgan fingerprint density at radius 3 is 2.27 bits per heavy atom. The van der Waals surface area contributed by atoms with E-state index in [0.717, 1.165) is 17.7 Å². The Kier molecular flexibility index (Phi) is 7.23. The topological polar surface area (TPSA) is 46.3 Å². The van der Waals surface area contributed by atoms with Crippen molar-refractivity contribution in [1.29, 1.82) is 0 Å². The van der Waals surface area contributed by atoms with E-state index >= 15 is 0 Å². The Morgan fingerprint density at radius 1 is 1.00 bits per heavy atom. The van der Waals surface area contributed by atoms with Crippen LogP contribution < -0.4 is 5.73 Å². The first-order valence-corrected chi connectivity index (χ1v) is 10.1. The Bertz CT molecular complexity index is 1040. The number of carbonyl (C=O) groups is 1. The lowest BCUT2D eigenvalue weighted by molar-refractivity contribution is -0.110. The lowest BCUT2D eigenvalue weighted by Gasteiger charge is -2.18. The number of nitrogen functional groups attached to an aromatic ring is 1. The van der Waals surface area contributed by atoms with Crippen molar-refractivity contribution in [2.75, 3.05) is 19.3 Å². The van der Waals surface area contributed by atoms with Crippen LogP contribution in [0.3, 0.4) is 0 Å². The second-order valence-corrected chi connectivity index (χ2v) is 7.76. The zero-order valence-corrected chi connectivity index (χ0v) is 17.8. The van der Waals surface area contributed by atoms with Crippen LogP contribution in [0.5, 0.6) is 0 Å². The summed E-state index contributed by atoms with van der Waals surface area (Å²) in [6.45, 7) is 5.29. The maximum Gasteiger partial charge on any atom is 0.190 e. The van der Waals surface area contributed by atoms with E-state index in [9.17, 15) is 4.79 Å². The summed E-state index contributed by atoms with van der Waals surface area (Å²) < 4.78 is 0. The van der Waals surface area contributed by atoms with E-state index in [2.05, 4.69) is 23.6 Å². The SMILES string of the molecule is C=C(CN(C)Cc1ccccc1)C(=O)/C(=C/c1ccc(Cl)cc1)c1ccc(N)cc1. The molecule has 0 aromatic heterocycles. The van der Waals surface area contributed by atoms with Gasteiger partial charge in [-0.3, -0.25) is 9.69 Å². The summed E-state index contributed by atoms with van der Waals surface area (Å²) in [6, 6.07) is 24.8. The number of halogens is 1. The number of nitrogens with two attached hydrogens (primary N) is 1. The minimum atomic E-state index is -0.0883. The van der Waals surface area contributed by atoms with Gasteiger partial charge in [0.1, 0.15) is 0 Å². The number of likely N-dealkylation sites (N-methyl/N-ethyl adjacent to an activating group) is 1. The number of anilines is 1. The van der Waals surface area contributed by atoms with Crippen LogP contribution in [0, 0.1) is 0 Å². The van der Waals surface area contributed by atoms with E-state index in [-0.39, 0.29) is 5.78 Å². The second-order valence-electron chi connectivity index (χ2n) is 7.32.